The first-order valence-electron chi connectivity index (χ1n) is 7.15. The van der Waals surface area contributed by atoms with Crippen LogP contribution in [-0.2, 0) is 17.2 Å². The minimum absolute atomic E-state index is 0.124. The minimum atomic E-state index is -0.815. The first-order valence-corrected chi connectivity index (χ1v) is 8.88. The van der Waals surface area contributed by atoms with E-state index in [4.69, 9.17) is 0 Å². The summed E-state index contributed by atoms with van der Waals surface area (Å²) in [5.74, 6) is 3.19. The molecule has 1 aromatic rings. The van der Waals surface area contributed by atoms with Crippen LogP contribution in [0.3, 0.4) is 0 Å². The SMILES string of the molecule is CCCc1nc(NCC)c(C)c(NC(C)CS(C)=O)n1. The Labute approximate surface area is 124 Å². The van der Waals surface area contributed by atoms with E-state index in [2.05, 4.69) is 34.4 Å². The van der Waals surface area contributed by atoms with E-state index in [1.54, 1.807) is 6.26 Å². The number of aromatic nitrogens is 2. The average molecular weight is 298 g/mol. The summed E-state index contributed by atoms with van der Waals surface area (Å²) in [6.45, 7) is 9.03. The van der Waals surface area contributed by atoms with Crippen LogP contribution in [0.5, 0.6) is 0 Å². The number of rotatable bonds is 8. The van der Waals surface area contributed by atoms with Gasteiger partial charge in [0.15, 0.2) is 0 Å². The molecule has 5 nitrogen and oxygen atoms in total. The van der Waals surface area contributed by atoms with Crippen LogP contribution in [0.2, 0.25) is 0 Å². The molecular weight excluding hydrogens is 272 g/mol. The molecule has 0 aliphatic carbocycles. The van der Waals surface area contributed by atoms with Gasteiger partial charge in [0, 0.05) is 47.4 Å². The molecule has 1 rings (SSSR count). The van der Waals surface area contributed by atoms with Gasteiger partial charge in [0.05, 0.1) is 0 Å². The molecule has 6 heteroatoms. The second kappa shape index (κ2) is 8.19. The molecule has 1 aromatic heterocycles. The molecule has 0 bridgehead atoms. The van der Waals surface area contributed by atoms with Crippen molar-refractivity contribution in [3.05, 3.63) is 11.4 Å². The Kier molecular flexibility index (Phi) is 6.91. The molecule has 0 radical (unpaired) electrons. The highest BCUT2D eigenvalue weighted by atomic mass is 32.2. The van der Waals surface area contributed by atoms with Crippen LogP contribution in [0.4, 0.5) is 11.6 Å². The maximum absolute atomic E-state index is 11.3. The van der Waals surface area contributed by atoms with Gasteiger partial charge in [-0.05, 0) is 27.2 Å². The third kappa shape index (κ3) is 5.07. The Balaban J connectivity index is 2.99. The lowest BCUT2D eigenvalue weighted by Gasteiger charge is -2.18. The molecule has 0 saturated carbocycles. The molecule has 0 amide bonds. The van der Waals surface area contributed by atoms with E-state index in [-0.39, 0.29) is 6.04 Å². The summed E-state index contributed by atoms with van der Waals surface area (Å²) in [7, 11) is -0.815. The zero-order valence-corrected chi connectivity index (χ0v) is 13.9. The molecule has 2 N–H and O–H groups in total. The predicted octanol–water partition coefficient (Wildman–Crippen LogP) is 2.35. The van der Waals surface area contributed by atoms with Crippen LogP contribution >= 0.6 is 0 Å². The molecular formula is C14H26N4OS. The topological polar surface area (TPSA) is 66.9 Å². The molecule has 0 aliphatic heterocycles. The van der Waals surface area contributed by atoms with Gasteiger partial charge in [0.1, 0.15) is 17.5 Å². The number of nitrogens with one attached hydrogen (secondary N) is 2. The highest BCUT2D eigenvalue weighted by molar-refractivity contribution is 7.84. The summed E-state index contributed by atoms with van der Waals surface area (Å²) in [6.07, 6.45) is 3.60. The largest absolute Gasteiger partial charge is 0.370 e. The van der Waals surface area contributed by atoms with Crippen molar-refractivity contribution >= 4 is 22.4 Å². The Hall–Kier alpha value is -1.17. The zero-order valence-electron chi connectivity index (χ0n) is 13.1. The monoisotopic (exact) mass is 298 g/mol. The molecule has 0 saturated heterocycles. The maximum atomic E-state index is 11.3. The Morgan fingerprint density at radius 3 is 2.45 bits per heavy atom. The van der Waals surface area contributed by atoms with Gasteiger partial charge in [-0.1, -0.05) is 6.92 Å². The number of hydrogen-bond acceptors (Lipinski definition) is 5. The Morgan fingerprint density at radius 1 is 1.25 bits per heavy atom. The van der Waals surface area contributed by atoms with E-state index in [0.29, 0.717) is 5.75 Å². The van der Waals surface area contributed by atoms with Crippen LogP contribution in [-0.4, -0.2) is 38.8 Å². The molecule has 1 heterocycles. The minimum Gasteiger partial charge on any atom is -0.370 e. The van der Waals surface area contributed by atoms with Crippen LogP contribution in [0.15, 0.2) is 0 Å². The second-order valence-corrected chi connectivity index (χ2v) is 6.51. The standard InChI is InChI=1S/C14H26N4OS/c1-6-8-12-17-13(15-7-2)11(4)14(18-12)16-10(3)9-20(5)19/h10H,6-9H2,1-5H3,(H2,15,16,17,18). The Bertz CT molecular complexity index is 465. The summed E-state index contributed by atoms with van der Waals surface area (Å²) < 4.78 is 11.3. The van der Waals surface area contributed by atoms with E-state index >= 15 is 0 Å². The van der Waals surface area contributed by atoms with Gasteiger partial charge in [-0.25, -0.2) is 9.97 Å². The zero-order chi connectivity index (χ0) is 15.1. The van der Waals surface area contributed by atoms with Gasteiger partial charge in [-0.15, -0.1) is 0 Å². The lowest BCUT2D eigenvalue weighted by molar-refractivity contribution is 0.682. The normalized spacial score (nSPS) is 13.8. The van der Waals surface area contributed by atoms with E-state index < -0.39 is 10.8 Å². The summed E-state index contributed by atoms with van der Waals surface area (Å²) in [5, 5.41) is 6.63. The van der Waals surface area contributed by atoms with Crippen molar-refractivity contribution in [1.29, 1.82) is 0 Å². The van der Waals surface area contributed by atoms with Gasteiger partial charge in [-0.3, -0.25) is 4.21 Å². The molecule has 2 unspecified atom stereocenters. The molecule has 0 aliphatic rings. The number of nitrogens with zero attached hydrogens (tertiary/aromatic N) is 2. The van der Waals surface area contributed by atoms with Crippen molar-refractivity contribution in [2.24, 2.45) is 0 Å². The third-order valence-corrected chi connectivity index (χ3v) is 3.85. The van der Waals surface area contributed by atoms with Crippen molar-refractivity contribution in [2.45, 2.75) is 46.6 Å². The maximum Gasteiger partial charge on any atom is 0.135 e. The smallest absolute Gasteiger partial charge is 0.135 e. The summed E-state index contributed by atoms with van der Waals surface area (Å²) >= 11 is 0. The van der Waals surface area contributed by atoms with Crippen molar-refractivity contribution < 1.29 is 4.21 Å². The summed E-state index contributed by atoms with van der Waals surface area (Å²) in [6, 6.07) is 0.124. The highest BCUT2D eigenvalue weighted by Crippen LogP contribution is 2.21. The first kappa shape index (κ1) is 16.9. The summed E-state index contributed by atoms with van der Waals surface area (Å²) in [5.41, 5.74) is 1.01. The Morgan fingerprint density at radius 2 is 1.90 bits per heavy atom. The first-order chi connectivity index (χ1) is 9.47. The van der Waals surface area contributed by atoms with Gasteiger partial charge >= 0.3 is 0 Å². The highest BCUT2D eigenvalue weighted by Gasteiger charge is 2.13. The third-order valence-electron chi connectivity index (χ3n) is 2.88. The van der Waals surface area contributed by atoms with E-state index in [0.717, 1.165) is 42.4 Å². The van der Waals surface area contributed by atoms with Crippen LogP contribution in [0.1, 0.15) is 38.6 Å². The van der Waals surface area contributed by atoms with Crippen molar-refractivity contribution in [1.82, 2.24) is 9.97 Å². The van der Waals surface area contributed by atoms with Crippen molar-refractivity contribution in [3.63, 3.8) is 0 Å². The van der Waals surface area contributed by atoms with Crippen LogP contribution in [0.25, 0.3) is 0 Å². The molecule has 0 spiro atoms. The van der Waals surface area contributed by atoms with E-state index in [9.17, 15) is 4.21 Å². The molecule has 0 aromatic carbocycles. The fraction of sp³-hybridized carbons (Fsp3) is 0.714. The molecule has 20 heavy (non-hydrogen) atoms. The molecule has 2 atom stereocenters. The number of aryl methyl sites for hydroxylation is 1. The average Bonchev–Trinajstić information content (AvgIpc) is 2.34. The second-order valence-electron chi connectivity index (χ2n) is 5.03. The van der Waals surface area contributed by atoms with E-state index in [1.165, 1.54) is 0 Å². The molecule has 0 fully saturated rings. The molecule has 114 valence electrons. The van der Waals surface area contributed by atoms with Gasteiger partial charge in [-0.2, -0.15) is 0 Å². The predicted molar refractivity (Wildman–Crippen MR) is 86.9 cm³/mol. The van der Waals surface area contributed by atoms with Gasteiger partial charge < -0.3 is 10.6 Å². The van der Waals surface area contributed by atoms with Crippen molar-refractivity contribution in [3.8, 4) is 0 Å². The number of hydrogen-bond donors (Lipinski definition) is 2. The van der Waals surface area contributed by atoms with Crippen LogP contribution < -0.4 is 10.6 Å². The lowest BCUT2D eigenvalue weighted by atomic mass is 10.2. The fourth-order valence-corrected chi connectivity index (χ4v) is 2.79. The number of anilines is 2. The van der Waals surface area contributed by atoms with Crippen LogP contribution in [0, 0.1) is 6.92 Å². The summed E-state index contributed by atoms with van der Waals surface area (Å²) in [4.78, 5) is 9.15. The van der Waals surface area contributed by atoms with Gasteiger partial charge in [0.25, 0.3) is 0 Å². The van der Waals surface area contributed by atoms with Gasteiger partial charge in [0.2, 0.25) is 0 Å². The van der Waals surface area contributed by atoms with E-state index in [1.807, 2.05) is 13.8 Å². The fourth-order valence-electron chi connectivity index (χ4n) is 2.01. The van der Waals surface area contributed by atoms with Crippen molar-refractivity contribution in [2.75, 3.05) is 29.2 Å². The quantitative estimate of drug-likeness (QED) is 0.771. The lowest BCUT2D eigenvalue weighted by Crippen LogP contribution is -2.24.